The number of halogens is 2. The molecule has 1 aliphatic rings. The summed E-state index contributed by atoms with van der Waals surface area (Å²) in [7, 11) is 1.39. The van der Waals surface area contributed by atoms with Gasteiger partial charge in [-0.2, -0.15) is 5.10 Å². The Bertz CT molecular complexity index is 1250. The van der Waals surface area contributed by atoms with Crippen molar-refractivity contribution in [3.63, 3.8) is 0 Å². The molecule has 0 saturated heterocycles. The minimum atomic E-state index is -0.377. The molecular weight excluding hydrogens is 495 g/mol. The van der Waals surface area contributed by atoms with Crippen molar-refractivity contribution in [2.45, 2.75) is 46.6 Å². The smallest absolute Gasteiger partial charge is 0.341 e. The van der Waals surface area contributed by atoms with E-state index in [2.05, 4.69) is 22.7 Å². The number of esters is 1. The molecule has 0 fully saturated rings. The average molecular weight is 521 g/mol. The minimum Gasteiger partial charge on any atom is -0.465 e. The highest BCUT2D eigenvalue weighted by atomic mass is 35.5. The highest BCUT2D eigenvalue weighted by molar-refractivity contribution is 7.80. The molecule has 180 valence electrons. The van der Waals surface area contributed by atoms with Gasteiger partial charge in [0.05, 0.1) is 36.3 Å². The predicted octanol–water partition coefficient (Wildman–Crippen LogP) is 6.12. The van der Waals surface area contributed by atoms with Gasteiger partial charge < -0.3 is 15.4 Å². The molecule has 1 aliphatic carbocycles. The van der Waals surface area contributed by atoms with Crippen LogP contribution in [0, 0.1) is 25.6 Å². The molecule has 2 heterocycles. The molecule has 2 N–H and O–H groups in total. The second kappa shape index (κ2) is 10.0. The van der Waals surface area contributed by atoms with Crippen LogP contribution in [-0.4, -0.2) is 28.0 Å². The number of nitrogens with zero attached hydrogens (tertiary/aromatic N) is 2. The zero-order chi connectivity index (χ0) is 24.6. The minimum absolute atomic E-state index is 0.197. The number of aromatic nitrogens is 2. The van der Waals surface area contributed by atoms with Crippen LogP contribution in [0.15, 0.2) is 18.2 Å². The largest absolute Gasteiger partial charge is 0.465 e. The first-order valence-corrected chi connectivity index (χ1v) is 12.6. The van der Waals surface area contributed by atoms with Crippen LogP contribution in [0.3, 0.4) is 0 Å². The molecule has 1 atom stereocenters. The molecule has 3 aromatic rings. The summed E-state index contributed by atoms with van der Waals surface area (Å²) < 4.78 is 21.0. The third-order valence-corrected chi connectivity index (χ3v) is 7.85. The molecular formula is C24H26ClFN4O2S2. The fraction of sp³-hybridized carbons (Fsp3) is 0.375. The van der Waals surface area contributed by atoms with Gasteiger partial charge in [-0.05, 0) is 68.9 Å². The van der Waals surface area contributed by atoms with E-state index >= 15 is 0 Å². The first kappa shape index (κ1) is 24.6. The topological polar surface area (TPSA) is 68.2 Å². The van der Waals surface area contributed by atoms with Gasteiger partial charge in [0.15, 0.2) is 5.11 Å². The fourth-order valence-corrected chi connectivity index (χ4v) is 6.16. The number of ether oxygens (including phenoxy) is 1. The van der Waals surface area contributed by atoms with E-state index in [9.17, 15) is 9.18 Å². The number of thiocarbonyl (C=S) groups is 1. The number of methoxy groups -OCH3 is 1. The third-order valence-electron chi connectivity index (χ3n) is 6.12. The second-order valence-electron chi connectivity index (χ2n) is 8.53. The zero-order valence-electron chi connectivity index (χ0n) is 19.4. The number of hydrogen-bond acceptors (Lipinski definition) is 5. The van der Waals surface area contributed by atoms with Crippen LogP contribution in [0.5, 0.6) is 0 Å². The van der Waals surface area contributed by atoms with E-state index in [1.54, 1.807) is 28.2 Å². The Hall–Kier alpha value is -2.49. The first-order chi connectivity index (χ1) is 16.2. The summed E-state index contributed by atoms with van der Waals surface area (Å²) in [4.78, 5) is 13.8. The Labute approximate surface area is 212 Å². The standard InChI is InChI=1S/C24H26ClFN4O2S2/c1-12-8-9-15-19(10-12)34-22(20(15)23(31)32-4)28-24(33)27-21-13(2)29-30(14(21)3)11-16-17(25)6-5-7-18(16)26/h5-7,12H,8-11H2,1-4H3,(H2,27,28,33). The van der Waals surface area contributed by atoms with Crippen molar-refractivity contribution >= 4 is 56.9 Å². The van der Waals surface area contributed by atoms with Crippen molar-refractivity contribution in [3.8, 4) is 0 Å². The van der Waals surface area contributed by atoms with Crippen molar-refractivity contribution in [1.82, 2.24) is 9.78 Å². The van der Waals surface area contributed by atoms with Crippen molar-refractivity contribution in [1.29, 1.82) is 0 Å². The molecule has 0 spiro atoms. The molecule has 10 heteroatoms. The number of hydrogen-bond donors (Lipinski definition) is 2. The number of carbonyl (C=O) groups is 1. The van der Waals surface area contributed by atoms with Crippen LogP contribution in [0.4, 0.5) is 15.1 Å². The monoisotopic (exact) mass is 520 g/mol. The molecule has 0 aliphatic heterocycles. The summed E-state index contributed by atoms with van der Waals surface area (Å²) >= 11 is 13.3. The molecule has 4 rings (SSSR count). The summed E-state index contributed by atoms with van der Waals surface area (Å²) in [5.41, 5.74) is 4.22. The quantitative estimate of drug-likeness (QED) is 0.312. The van der Waals surface area contributed by atoms with Crippen LogP contribution >= 0.6 is 35.2 Å². The molecule has 2 aromatic heterocycles. The first-order valence-electron chi connectivity index (χ1n) is 11.0. The Morgan fingerprint density at radius 3 is 2.85 bits per heavy atom. The van der Waals surface area contributed by atoms with E-state index < -0.39 is 0 Å². The molecule has 1 unspecified atom stereocenters. The number of aryl methyl sites for hydroxylation is 1. The maximum atomic E-state index is 14.3. The molecule has 0 amide bonds. The van der Waals surface area contributed by atoms with Gasteiger partial charge in [-0.1, -0.05) is 24.6 Å². The maximum absolute atomic E-state index is 14.3. The third kappa shape index (κ3) is 4.82. The van der Waals surface area contributed by atoms with Gasteiger partial charge in [0.2, 0.25) is 0 Å². The Morgan fingerprint density at radius 2 is 2.15 bits per heavy atom. The average Bonchev–Trinajstić information content (AvgIpc) is 3.26. The normalized spacial score (nSPS) is 15.1. The zero-order valence-corrected chi connectivity index (χ0v) is 21.8. The lowest BCUT2D eigenvalue weighted by atomic mass is 9.88. The molecule has 34 heavy (non-hydrogen) atoms. The van der Waals surface area contributed by atoms with Gasteiger partial charge in [-0.15, -0.1) is 11.3 Å². The fourth-order valence-electron chi connectivity index (χ4n) is 4.27. The van der Waals surface area contributed by atoms with Gasteiger partial charge in [-0.3, -0.25) is 4.68 Å². The van der Waals surface area contributed by atoms with Gasteiger partial charge in [0, 0.05) is 15.5 Å². The van der Waals surface area contributed by atoms with Crippen LogP contribution in [0.25, 0.3) is 0 Å². The highest BCUT2D eigenvalue weighted by Gasteiger charge is 2.28. The summed E-state index contributed by atoms with van der Waals surface area (Å²) in [6, 6.07) is 4.61. The van der Waals surface area contributed by atoms with E-state index in [4.69, 9.17) is 28.6 Å². The van der Waals surface area contributed by atoms with Crippen LogP contribution in [0.2, 0.25) is 5.02 Å². The molecule has 6 nitrogen and oxygen atoms in total. The number of thiophene rings is 1. The lowest BCUT2D eigenvalue weighted by Crippen LogP contribution is -2.21. The van der Waals surface area contributed by atoms with Crippen LogP contribution in [0.1, 0.15) is 51.1 Å². The molecule has 1 aromatic carbocycles. The van der Waals surface area contributed by atoms with Crippen molar-refractivity contribution in [3.05, 3.63) is 62.0 Å². The maximum Gasteiger partial charge on any atom is 0.341 e. The van der Waals surface area contributed by atoms with E-state index in [0.717, 1.165) is 36.2 Å². The summed E-state index contributed by atoms with van der Waals surface area (Å²) in [5.74, 6) is -0.161. The highest BCUT2D eigenvalue weighted by Crippen LogP contribution is 2.40. The van der Waals surface area contributed by atoms with Crippen LogP contribution < -0.4 is 10.6 Å². The Morgan fingerprint density at radius 1 is 1.38 bits per heavy atom. The van der Waals surface area contributed by atoms with Crippen molar-refractivity contribution in [2.75, 3.05) is 17.7 Å². The number of fused-ring (bicyclic) bond motifs is 1. The van der Waals surface area contributed by atoms with Crippen molar-refractivity contribution in [2.24, 2.45) is 5.92 Å². The predicted molar refractivity (Wildman–Crippen MR) is 139 cm³/mol. The summed E-state index contributed by atoms with van der Waals surface area (Å²) in [5, 5.41) is 12.3. The lowest BCUT2D eigenvalue weighted by Gasteiger charge is -2.18. The van der Waals surface area contributed by atoms with Crippen LogP contribution in [-0.2, 0) is 24.1 Å². The summed E-state index contributed by atoms with van der Waals surface area (Å²) in [6.07, 6.45) is 2.83. The van der Waals surface area contributed by atoms with E-state index in [1.165, 1.54) is 18.1 Å². The number of anilines is 2. The Balaban J connectivity index is 1.56. The molecule has 0 bridgehead atoms. The second-order valence-corrected chi connectivity index (χ2v) is 10.5. The molecule has 0 saturated carbocycles. The Kier molecular flexibility index (Phi) is 7.25. The van der Waals surface area contributed by atoms with Gasteiger partial charge in [-0.25, -0.2) is 9.18 Å². The number of nitrogens with one attached hydrogen (secondary N) is 2. The number of benzene rings is 1. The summed E-state index contributed by atoms with van der Waals surface area (Å²) in [6.45, 7) is 6.15. The number of rotatable bonds is 5. The van der Waals surface area contributed by atoms with Crippen molar-refractivity contribution < 1.29 is 13.9 Å². The number of carbonyl (C=O) groups excluding carboxylic acids is 1. The van der Waals surface area contributed by atoms with E-state index in [0.29, 0.717) is 37.9 Å². The van der Waals surface area contributed by atoms with E-state index in [-0.39, 0.29) is 18.3 Å². The van der Waals surface area contributed by atoms with Gasteiger partial charge >= 0.3 is 5.97 Å². The van der Waals surface area contributed by atoms with E-state index in [1.807, 2.05) is 13.8 Å². The molecule has 0 radical (unpaired) electrons. The lowest BCUT2D eigenvalue weighted by molar-refractivity contribution is 0.0601. The SMILES string of the molecule is COC(=O)c1c(NC(=S)Nc2c(C)nn(Cc3c(F)cccc3Cl)c2C)sc2c1CCC(C)C2. The van der Waals surface area contributed by atoms with Gasteiger partial charge in [0.25, 0.3) is 0 Å². The van der Waals surface area contributed by atoms with Gasteiger partial charge in [0.1, 0.15) is 10.8 Å².